The number of piperazine rings is 1. The molecule has 1 aliphatic heterocycles. The number of hydrogen-bond acceptors (Lipinski definition) is 7. The Morgan fingerprint density at radius 1 is 1.12 bits per heavy atom. The zero-order chi connectivity index (χ0) is 24.5. The van der Waals surface area contributed by atoms with E-state index < -0.39 is 17.7 Å². The van der Waals surface area contributed by atoms with Gasteiger partial charge < -0.3 is 14.9 Å². The van der Waals surface area contributed by atoms with Crippen molar-refractivity contribution in [3.8, 4) is 0 Å². The number of aromatic nitrogens is 2. The van der Waals surface area contributed by atoms with E-state index in [1.807, 2.05) is 17.9 Å². The first-order valence-electron chi connectivity index (χ1n) is 10.5. The molecule has 3 heterocycles. The third kappa shape index (κ3) is 5.27. The molecule has 0 atom stereocenters. The lowest BCUT2D eigenvalue weighted by molar-refractivity contribution is -0.137. The number of anilines is 1. The highest BCUT2D eigenvalue weighted by Gasteiger charge is 2.31. The number of carboxylic acids is 1. The Morgan fingerprint density at radius 3 is 2.38 bits per heavy atom. The summed E-state index contributed by atoms with van der Waals surface area (Å²) in [6.07, 6.45) is -3.61. The van der Waals surface area contributed by atoms with Gasteiger partial charge in [0.05, 0.1) is 16.7 Å². The van der Waals surface area contributed by atoms with Crippen LogP contribution in [-0.2, 0) is 17.4 Å². The molecule has 1 N–H and O–H groups in total. The molecule has 1 aliphatic rings. The van der Waals surface area contributed by atoms with Crippen molar-refractivity contribution in [1.82, 2.24) is 14.9 Å². The molecule has 1 fully saturated rings. The van der Waals surface area contributed by atoms with Crippen LogP contribution in [0.5, 0.6) is 0 Å². The van der Waals surface area contributed by atoms with Crippen molar-refractivity contribution in [2.75, 3.05) is 36.8 Å². The number of nitrogens with zero attached hydrogens (tertiary/aromatic N) is 4. The summed E-state index contributed by atoms with van der Waals surface area (Å²) in [6.45, 7) is 3.78. The number of carboxylic acid groups (broad SMARTS) is 1. The Labute approximate surface area is 201 Å². The van der Waals surface area contributed by atoms with Crippen molar-refractivity contribution in [3.05, 3.63) is 46.3 Å². The topological polar surface area (TPSA) is 86.6 Å². The highest BCUT2D eigenvalue weighted by atomic mass is 32.2. The van der Waals surface area contributed by atoms with Crippen molar-refractivity contribution in [1.29, 1.82) is 0 Å². The number of carbonyl (C=O) groups is 2. The first-order valence-corrected chi connectivity index (χ1v) is 12.3. The van der Waals surface area contributed by atoms with E-state index in [0.29, 0.717) is 37.2 Å². The second-order valence-electron chi connectivity index (χ2n) is 7.65. The largest absolute Gasteiger partial charge is 0.481 e. The Bertz CT molecular complexity index is 1210. The maximum absolute atomic E-state index is 12.8. The van der Waals surface area contributed by atoms with Gasteiger partial charge in [-0.1, -0.05) is 18.7 Å². The van der Waals surface area contributed by atoms with Crippen molar-refractivity contribution in [3.63, 3.8) is 0 Å². The first kappa shape index (κ1) is 24.3. The zero-order valence-electron chi connectivity index (χ0n) is 18.1. The molecule has 1 saturated heterocycles. The van der Waals surface area contributed by atoms with Crippen LogP contribution in [0.15, 0.2) is 35.5 Å². The summed E-state index contributed by atoms with van der Waals surface area (Å²) in [5, 5.41) is 10.3. The normalized spacial score (nSPS) is 14.6. The maximum Gasteiger partial charge on any atom is 0.416 e. The van der Waals surface area contributed by atoms with Crippen LogP contribution in [0.1, 0.15) is 27.7 Å². The third-order valence-corrected chi connectivity index (χ3v) is 7.41. The Hall–Kier alpha value is -2.86. The summed E-state index contributed by atoms with van der Waals surface area (Å²) in [5.74, 6) is -0.712. The number of rotatable bonds is 6. The van der Waals surface area contributed by atoms with Crippen molar-refractivity contribution < 1.29 is 27.9 Å². The highest BCUT2D eigenvalue weighted by Crippen LogP contribution is 2.34. The molecule has 0 saturated carbocycles. The van der Waals surface area contributed by atoms with Crippen LogP contribution in [0.2, 0.25) is 0 Å². The second-order valence-corrected chi connectivity index (χ2v) is 9.71. The monoisotopic (exact) mass is 510 g/mol. The number of aliphatic carboxylic acids is 1. The Kier molecular flexibility index (Phi) is 6.99. The van der Waals surface area contributed by atoms with Gasteiger partial charge in [-0.15, -0.1) is 11.3 Å². The Balaban J connectivity index is 1.51. The van der Waals surface area contributed by atoms with Crippen LogP contribution in [-0.4, -0.2) is 63.8 Å². The third-order valence-electron chi connectivity index (χ3n) is 5.40. The van der Waals surface area contributed by atoms with Crippen LogP contribution in [0.4, 0.5) is 19.0 Å². The molecule has 1 aromatic carbocycles. The number of thioether (sulfide) groups is 1. The van der Waals surface area contributed by atoms with Crippen molar-refractivity contribution >= 4 is 51.0 Å². The predicted octanol–water partition coefficient (Wildman–Crippen LogP) is 4.41. The van der Waals surface area contributed by atoms with Gasteiger partial charge in [-0.3, -0.25) is 9.59 Å². The van der Waals surface area contributed by atoms with E-state index in [9.17, 15) is 22.8 Å². The van der Waals surface area contributed by atoms with Gasteiger partial charge in [0.15, 0.2) is 5.16 Å². The van der Waals surface area contributed by atoms with E-state index >= 15 is 0 Å². The lowest BCUT2D eigenvalue weighted by Gasteiger charge is -2.35. The molecule has 4 rings (SSSR count). The van der Waals surface area contributed by atoms with Gasteiger partial charge >= 0.3 is 12.1 Å². The van der Waals surface area contributed by atoms with E-state index in [-0.39, 0.29) is 17.2 Å². The number of halogens is 3. The molecule has 0 bridgehead atoms. The quantitative estimate of drug-likeness (QED) is 0.388. The SMILES string of the molecule is CCc1cc2c(N3CCN(C(=O)c4ccc(C(F)(F)F)cc4)CC3)nc(SCC(=O)O)nc2s1. The fourth-order valence-electron chi connectivity index (χ4n) is 3.65. The molecule has 1 amide bonds. The molecule has 0 unspecified atom stereocenters. The zero-order valence-corrected chi connectivity index (χ0v) is 19.8. The molecule has 0 aliphatic carbocycles. The molecular formula is C22H21F3N4O3S2. The average molecular weight is 511 g/mol. The highest BCUT2D eigenvalue weighted by molar-refractivity contribution is 7.99. The smallest absolute Gasteiger partial charge is 0.416 e. The van der Waals surface area contributed by atoms with Gasteiger partial charge in [-0.05, 0) is 36.8 Å². The number of benzene rings is 1. The summed E-state index contributed by atoms with van der Waals surface area (Å²) in [4.78, 5) is 38.5. The van der Waals surface area contributed by atoms with Crippen LogP contribution in [0.3, 0.4) is 0 Å². The number of carbonyl (C=O) groups excluding carboxylic acids is 1. The first-order chi connectivity index (χ1) is 16.2. The fourth-order valence-corrected chi connectivity index (χ4v) is 5.23. The minimum Gasteiger partial charge on any atom is -0.481 e. The number of thiophene rings is 1. The van der Waals surface area contributed by atoms with E-state index in [0.717, 1.165) is 45.4 Å². The van der Waals surface area contributed by atoms with E-state index in [4.69, 9.17) is 5.11 Å². The lowest BCUT2D eigenvalue weighted by Crippen LogP contribution is -2.49. The summed E-state index contributed by atoms with van der Waals surface area (Å²) in [6, 6.07) is 6.28. The number of fused-ring (bicyclic) bond motifs is 1. The average Bonchev–Trinajstić information content (AvgIpc) is 3.25. The van der Waals surface area contributed by atoms with Gasteiger partial charge in [0.2, 0.25) is 0 Å². The number of alkyl halides is 3. The number of amides is 1. The summed E-state index contributed by atoms with van der Waals surface area (Å²) in [5.41, 5.74) is -0.580. The van der Waals surface area contributed by atoms with E-state index in [1.165, 1.54) is 12.1 Å². The maximum atomic E-state index is 12.8. The van der Waals surface area contributed by atoms with Crippen LogP contribution in [0.25, 0.3) is 10.2 Å². The summed E-state index contributed by atoms with van der Waals surface area (Å²) in [7, 11) is 0. The van der Waals surface area contributed by atoms with Crippen molar-refractivity contribution in [2.45, 2.75) is 24.7 Å². The van der Waals surface area contributed by atoms with Gasteiger partial charge in [-0.25, -0.2) is 9.97 Å². The molecule has 0 radical (unpaired) electrons. The number of aryl methyl sites for hydroxylation is 1. The minimum absolute atomic E-state index is 0.146. The van der Waals surface area contributed by atoms with Crippen LogP contribution < -0.4 is 4.90 Å². The molecule has 34 heavy (non-hydrogen) atoms. The van der Waals surface area contributed by atoms with Crippen LogP contribution >= 0.6 is 23.1 Å². The Morgan fingerprint density at radius 2 is 1.79 bits per heavy atom. The van der Waals surface area contributed by atoms with Crippen molar-refractivity contribution in [2.24, 2.45) is 0 Å². The van der Waals surface area contributed by atoms with Gasteiger partial charge in [0.25, 0.3) is 5.91 Å². The predicted molar refractivity (Wildman–Crippen MR) is 125 cm³/mol. The van der Waals surface area contributed by atoms with E-state index in [2.05, 4.69) is 9.97 Å². The van der Waals surface area contributed by atoms with Crippen LogP contribution in [0, 0.1) is 0 Å². The molecule has 7 nitrogen and oxygen atoms in total. The summed E-state index contributed by atoms with van der Waals surface area (Å²) < 4.78 is 38.4. The number of hydrogen-bond donors (Lipinski definition) is 1. The van der Waals surface area contributed by atoms with Gasteiger partial charge in [0.1, 0.15) is 10.6 Å². The molecule has 3 aromatic rings. The molecule has 2 aromatic heterocycles. The second kappa shape index (κ2) is 9.79. The molecular weight excluding hydrogens is 489 g/mol. The molecule has 12 heteroatoms. The molecule has 0 spiro atoms. The fraction of sp³-hybridized carbons (Fsp3) is 0.364. The van der Waals surface area contributed by atoms with E-state index in [1.54, 1.807) is 16.2 Å². The lowest BCUT2D eigenvalue weighted by atomic mass is 10.1. The summed E-state index contributed by atoms with van der Waals surface area (Å²) >= 11 is 2.60. The standard InChI is InChI=1S/C22H21F3N4O3S2/c1-2-15-11-16-18(26-21(27-19(16)34-15)33-12-17(30)31)28-7-9-29(10-8-28)20(32)13-3-5-14(6-4-13)22(23,24)25/h3-6,11H,2,7-10,12H2,1H3,(H,30,31). The minimum atomic E-state index is -4.45. The van der Waals surface area contributed by atoms with Gasteiger partial charge in [0, 0.05) is 36.6 Å². The molecule has 180 valence electrons. The van der Waals surface area contributed by atoms with Gasteiger partial charge in [-0.2, -0.15) is 13.2 Å².